The maximum absolute atomic E-state index is 11.7. The lowest BCUT2D eigenvalue weighted by molar-refractivity contribution is 0.321. The highest BCUT2D eigenvalue weighted by Gasteiger charge is 2.46. The first-order valence-electron chi connectivity index (χ1n) is 8.42. The van der Waals surface area contributed by atoms with E-state index in [1.165, 1.54) is 29.6 Å². The molecule has 3 nitrogen and oxygen atoms in total. The van der Waals surface area contributed by atoms with Gasteiger partial charge in [0.05, 0.1) is 5.54 Å². The van der Waals surface area contributed by atoms with Crippen LogP contribution in [-0.4, -0.2) is 11.5 Å². The minimum atomic E-state index is -0.134. The predicted octanol–water partition coefficient (Wildman–Crippen LogP) is 3.43. The molecule has 0 aliphatic heterocycles. The first-order chi connectivity index (χ1) is 10.6. The van der Waals surface area contributed by atoms with Crippen molar-refractivity contribution in [1.29, 1.82) is 0 Å². The Morgan fingerprint density at radius 1 is 1.45 bits per heavy atom. The molecule has 2 N–H and O–H groups in total. The molecule has 0 radical (unpaired) electrons. The predicted molar refractivity (Wildman–Crippen MR) is 91.0 cm³/mol. The summed E-state index contributed by atoms with van der Waals surface area (Å²) >= 11 is 0. The number of hydrogen-bond acceptors (Lipinski definition) is 2. The van der Waals surface area contributed by atoms with Gasteiger partial charge in [0.25, 0.3) is 0 Å². The summed E-state index contributed by atoms with van der Waals surface area (Å²) in [6.07, 6.45) is 8.91. The van der Waals surface area contributed by atoms with Gasteiger partial charge in [0.2, 0.25) is 5.56 Å². The third-order valence-corrected chi connectivity index (χ3v) is 5.07. The molecule has 0 aromatic carbocycles. The lowest BCUT2D eigenvalue weighted by Crippen LogP contribution is -2.52. The summed E-state index contributed by atoms with van der Waals surface area (Å²) < 4.78 is 0. The van der Waals surface area contributed by atoms with E-state index in [9.17, 15) is 4.79 Å². The Morgan fingerprint density at radius 3 is 3.00 bits per heavy atom. The maximum Gasteiger partial charge on any atom is 0.248 e. The molecule has 0 amide bonds. The van der Waals surface area contributed by atoms with Crippen LogP contribution in [0, 0.1) is 5.92 Å². The Bertz CT molecular complexity index is 683. The second kappa shape index (κ2) is 5.88. The van der Waals surface area contributed by atoms with Gasteiger partial charge >= 0.3 is 0 Å². The lowest BCUT2D eigenvalue weighted by Gasteiger charge is -2.48. The fraction of sp³-hybridized carbons (Fsp3) is 0.526. The van der Waals surface area contributed by atoms with Gasteiger partial charge in [-0.3, -0.25) is 4.79 Å². The van der Waals surface area contributed by atoms with Crippen LogP contribution in [0.25, 0.3) is 0 Å². The van der Waals surface area contributed by atoms with Crippen molar-refractivity contribution in [2.75, 3.05) is 6.54 Å². The molecule has 1 heterocycles. The molecule has 0 saturated carbocycles. The number of allylic oxidation sites excluding steroid dienone is 2. The molecule has 1 aromatic rings. The van der Waals surface area contributed by atoms with Crippen LogP contribution in [0.1, 0.15) is 51.3 Å². The number of fused-ring (bicyclic) bond motifs is 4. The summed E-state index contributed by atoms with van der Waals surface area (Å²) in [7, 11) is 0. The molecule has 0 unspecified atom stereocenters. The highest BCUT2D eigenvalue weighted by Crippen LogP contribution is 2.49. The van der Waals surface area contributed by atoms with Crippen molar-refractivity contribution < 1.29 is 0 Å². The van der Waals surface area contributed by atoms with E-state index in [2.05, 4.69) is 43.2 Å². The van der Waals surface area contributed by atoms with Gasteiger partial charge in [0.1, 0.15) is 0 Å². The minimum absolute atomic E-state index is 0.00478. The van der Waals surface area contributed by atoms with Crippen molar-refractivity contribution in [1.82, 2.24) is 10.3 Å². The van der Waals surface area contributed by atoms with E-state index in [1.807, 2.05) is 6.07 Å². The number of rotatable bonds is 4. The van der Waals surface area contributed by atoms with E-state index in [-0.39, 0.29) is 11.1 Å². The number of aromatic nitrogens is 1. The first-order valence-corrected chi connectivity index (χ1v) is 8.42. The molecule has 0 fully saturated rings. The number of aromatic amines is 1. The van der Waals surface area contributed by atoms with E-state index >= 15 is 0 Å². The average molecular weight is 298 g/mol. The molecule has 3 rings (SSSR count). The average Bonchev–Trinajstić information content (AvgIpc) is 2.46. The number of hydrogen-bond donors (Lipinski definition) is 2. The number of nitrogens with one attached hydrogen (secondary N) is 2. The fourth-order valence-corrected chi connectivity index (χ4v) is 4.25. The molecular formula is C19H26N2O. The molecule has 0 saturated heterocycles. The zero-order valence-corrected chi connectivity index (χ0v) is 13.8. The van der Waals surface area contributed by atoms with E-state index in [1.54, 1.807) is 6.07 Å². The molecule has 118 valence electrons. The number of unbranched alkanes of at least 4 members (excludes halogenated alkanes) is 1. The van der Waals surface area contributed by atoms with Crippen LogP contribution < -0.4 is 10.9 Å². The highest BCUT2D eigenvalue weighted by molar-refractivity contribution is 5.49. The zero-order valence-electron chi connectivity index (χ0n) is 13.8. The summed E-state index contributed by atoms with van der Waals surface area (Å²) in [4.78, 5) is 14.8. The van der Waals surface area contributed by atoms with Crippen LogP contribution in [0.4, 0.5) is 0 Å². The van der Waals surface area contributed by atoms with Gasteiger partial charge < -0.3 is 10.3 Å². The van der Waals surface area contributed by atoms with E-state index in [0.29, 0.717) is 5.92 Å². The smallest absolute Gasteiger partial charge is 0.248 e. The molecule has 0 spiro atoms. The molecular weight excluding hydrogens is 272 g/mol. The Morgan fingerprint density at radius 2 is 2.27 bits per heavy atom. The Hall–Kier alpha value is -1.61. The van der Waals surface area contributed by atoms with Gasteiger partial charge in [-0.25, -0.2) is 0 Å². The Labute approximate surface area is 132 Å². The van der Waals surface area contributed by atoms with Gasteiger partial charge in [-0.2, -0.15) is 0 Å². The van der Waals surface area contributed by atoms with Crippen LogP contribution in [0.5, 0.6) is 0 Å². The third-order valence-electron chi connectivity index (χ3n) is 5.07. The molecule has 2 atom stereocenters. The molecule has 2 aliphatic carbocycles. The first kappa shape index (κ1) is 15.3. The van der Waals surface area contributed by atoms with Crippen molar-refractivity contribution in [2.24, 2.45) is 5.92 Å². The maximum atomic E-state index is 11.7. The third kappa shape index (κ3) is 2.38. The zero-order chi connectivity index (χ0) is 15.7. The Balaban J connectivity index is 2.14. The normalized spacial score (nSPS) is 28.4. The molecule has 2 bridgehead atoms. The van der Waals surface area contributed by atoms with E-state index < -0.39 is 0 Å². The van der Waals surface area contributed by atoms with Crippen LogP contribution in [0.15, 0.2) is 40.2 Å². The monoisotopic (exact) mass is 298 g/mol. The van der Waals surface area contributed by atoms with Crippen LogP contribution in [0.3, 0.4) is 0 Å². The second-order valence-electron chi connectivity index (χ2n) is 6.64. The SMILES string of the molecule is CC=C1[C@H]2C=C(C)C[C@]1(NCCCC)c1ccc(=O)[nH]c1C2. The van der Waals surface area contributed by atoms with Gasteiger partial charge in [0, 0.05) is 17.7 Å². The van der Waals surface area contributed by atoms with Crippen LogP contribution in [0.2, 0.25) is 0 Å². The van der Waals surface area contributed by atoms with Gasteiger partial charge in [-0.05, 0) is 56.9 Å². The molecule has 2 aliphatic rings. The summed E-state index contributed by atoms with van der Waals surface area (Å²) in [5, 5.41) is 3.84. The lowest BCUT2D eigenvalue weighted by atomic mass is 9.63. The van der Waals surface area contributed by atoms with E-state index in [4.69, 9.17) is 0 Å². The minimum Gasteiger partial charge on any atom is -0.326 e. The summed E-state index contributed by atoms with van der Waals surface area (Å²) in [6, 6.07) is 3.70. The van der Waals surface area contributed by atoms with Gasteiger partial charge in [-0.1, -0.05) is 31.1 Å². The standard InChI is InChI=1S/C19H26N2O/c1-4-6-9-20-19-12-13(3)10-14(15(19)5-2)11-17-16(19)7-8-18(22)21-17/h5,7-8,10,14,20H,4,6,9,11-12H2,1-3H3,(H,21,22)/t14-,19+/m0/s1. The molecule has 22 heavy (non-hydrogen) atoms. The summed E-state index contributed by atoms with van der Waals surface area (Å²) in [5.74, 6) is 0.401. The van der Waals surface area contributed by atoms with Crippen molar-refractivity contribution in [3.63, 3.8) is 0 Å². The van der Waals surface area contributed by atoms with Crippen molar-refractivity contribution >= 4 is 0 Å². The number of H-pyrrole nitrogens is 1. The summed E-state index contributed by atoms with van der Waals surface area (Å²) in [6.45, 7) is 7.60. The highest BCUT2D eigenvalue weighted by atomic mass is 16.1. The molecule has 3 heteroatoms. The number of pyridine rings is 1. The van der Waals surface area contributed by atoms with E-state index in [0.717, 1.165) is 25.1 Å². The van der Waals surface area contributed by atoms with Crippen molar-refractivity contribution in [3.05, 3.63) is 57.0 Å². The fourth-order valence-electron chi connectivity index (χ4n) is 4.25. The van der Waals surface area contributed by atoms with Crippen molar-refractivity contribution in [3.8, 4) is 0 Å². The van der Waals surface area contributed by atoms with Gasteiger partial charge in [-0.15, -0.1) is 0 Å². The molecule has 1 aromatic heterocycles. The quantitative estimate of drug-likeness (QED) is 0.661. The second-order valence-corrected chi connectivity index (χ2v) is 6.64. The van der Waals surface area contributed by atoms with Gasteiger partial charge in [0.15, 0.2) is 0 Å². The van der Waals surface area contributed by atoms with Crippen LogP contribution >= 0.6 is 0 Å². The largest absolute Gasteiger partial charge is 0.326 e. The van der Waals surface area contributed by atoms with Crippen LogP contribution in [-0.2, 0) is 12.0 Å². The topological polar surface area (TPSA) is 44.9 Å². The summed E-state index contributed by atoms with van der Waals surface area (Å²) in [5.41, 5.74) is 5.15. The Kier molecular flexibility index (Phi) is 4.09. The van der Waals surface area contributed by atoms with Crippen molar-refractivity contribution in [2.45, 2.75) is 52.0 Å².